The maximum Gasteiger partial charge on any atom is 0.227 e. The average molecular weight is 353 g/mol. The predicted octanol–water partition coefficient (Wildman–Crippen LogP) is 3.78. The molecular formula is C17H25BrN2O. The normalized spacial score (nSPS) is 27.1. The van der Waals surface area contributed by atoms with E-state index in [2.05, 4.69) is 28.2 Å². The molecule has 0 aliphatic heterocycles. The molecule has 1 amide bonds. The van der Waals surface area contributed by atoms with E-state index in [0.29, 0.717) is 12.5 Å². The summed E-state index contributed by atoms with van der Waals surface area (Å²) in [6.07, 6.45) is 4.00. The van der Waals surface area contributed by atoms with Crippen molar-refractivity contribution in [3.8, 4) is 0 Å². The molecule has 4 heteroatoms. The van der Waals surface area contributed by atoms with Gasteiger partial charge in [-0.3, -0.25) is 4.79 Å². The van der Waals surface area contributed by atoms with Crippen LogP contribution in [0.1, 0.15) is 51.1 Å². The van der Waals surface area contributed by atoms with Crippen LogP contribution in [-0.4, -0.2) is 12.5 Å². The van der Waals surface area contributed by atoms with Crippen LogP contribution in [0, 0.1) is 11.3 Å². The number of rotatable bonds is 4. The van der Waals surface area contributed by atoms with E-state index in [1.54, 1.807) is 0 Å². The fourth-order valence-corrected chi connectivity index (χ4v) is 3.46. The zero-order valence-electron chi connectivity index (χ0n) is 12.9. The van der Waals surface area contributed by atoms with Crippen molar-refractivity contribution in [3.63, 3.8) is 0 Å². The first-order valence-electron chi connectivity index (χ1n) is 7.73. The summed E-state index contributed by atoms with van der Waals surface area (Å²) < 4.78 is 1.03. The number of carbonyl (C=O) groups excluding carboxylic acids is 1. The second-order valence-corrected chi connectivity index (χ2v) is 7.33. The van der Waals surface area contributed by atoms with Crippen molar-refractivity contribution in [1.82, 2.24) is 5.32 Å². The molecule has 0 heterocycles. The third-order valence-electron chi connectivity index (χ3n) is 4.80. The Morgan fingerprint density at radius 1 is 1.48 bits per heavy atom. The van der Waals surface area contributed by atoms with E-state index in [4.69, 9.17) is 5.73 Å². The van der Waals surface area contributed by atoms with Gasteiger partial charge in [0.2, 0.25) is 5.91 Å². The molecule has 0 saturated heterocycles. The van der Waals surface area contributed by atoms with Gasteiger partial charge in [-0.2, -0.15) is 0 Å². The van der Waals surface area contributed by atoms with Crippen LogP contribution in [0.15, 0.2) is 28.7 Å². The molecule has 2 rings (SSSR count). The summed E-state index contributed by atoms with van der Waals surface area (Å²) >= 11 is 3.47. The zero-order valence-corrected chi connectivity index (χ0v) is 14.4. The van der Waals surface area contributed by atoms with Crippen molar-refractivity contribution >= 4 is 21.8 Å². The molecule has 1 atom stereocenters. The van der Waals surface area contributed by atoms with E-state index in [1.807, 2.05) is 31.2 Å². The Hall–Kier alpha value is -0.870. The Morgan fingerprint density at radius 2 is 2.14 bits per heavy atom. The molecule has 0 aromatic heterocycles. The highest BCUT2D eigenvalue weighted by molar-refractivity contribution is 9.10. The molecule has 0 unspecified atom stereocenters. The highest BCUT2D eigenvalue weighted by Gasteiger charge is 2.40. The van der Waals surface area contributed by atoms with Crippen LogP contribution in [0.4, 0.5) is 0 Å². The summed E-state index contributed by atoms with van der Waals surface area (Å²) in [5, 5.41) is 3.16. The Morgan fingerprint density at radius 3 is 2.71 bits per heavy atom. The molecule has 21 heavy (non-hydrogen) atoms. The van der Waals surface area contributed by atoms with Crippen LogP contribution in [0.5, 0.6) is 0 Å². The van der Waals surface area contributed by atoms with Crippen LogP contribution in [-0.2, 0) is 4.79 Å². The highest BCUT2D eigenvalue weighted by atomic mass is 79.9. The fraction of sp³-hybridized carbons (Fsp3) is 0.588. The molecule has 0 radical (unpaired) electrons. The van der Waals surface area contributed by atoms with Gasteiger partial charge in [-0.1, -0.05) is 35.0 Å². The standard InChI is InChI=1S/C17H25BrN2O/c1-12-6-8-17(11-19,9-7-12)16(21)20-13(2)14-4-3-5-15(18)10-14/h3-5,10,12-13H,6-9,11,19H2,1-2H3,(H,20,21)/t12?,13-,17?/m0/s1. The maximum atomic E-state index is 12.7. The zero-order chi connectivity index (χ0) is 15.5. The van der Waals surface area contributed by atoms with E-state index in [0.717, 1.165) is 35.7 Å². The molecule has 3 N–H and O–H groups in total. The molecule has 1 saturated carbocycles. The van der Waals surface area contributed by atoms with E-state index in [9.17, 15) is 4.79 Å². The van der Waals surface area contributed by atoms with Crippen molar-refractivity contribution in [2.45, 2.75) is 45.6 Å². The van der Waals surface area contributed by atoms with Gasteiger partial charge < -0.3 is 11.1 Å². The summed E-state index contributed by atoms with van der Waals surface area (Å²) in [4.78, 5) is 12.7. The number of benzene rings is 1. The number of amides is 1. The number of carbonyl (C=O) groups is 1. The number of hydrogen-bond acceptors (Lipinski definition) is 2. The van der Waals surface area contributed by atoms with Gasteiger partial charge in [0.15, 0.2) is 0 Å². The first-order chi connectivity index (χ1) is 9.97. The van der Waals surface area contributed by atoms with Gasteiger partial charge >= 0.3 is 0 Å². The van der Waals surface area contributed by atoms with Crippen LogP contribution in [0.25, 0.3) is 0 Å². The molecule has 0 bridgehead atoms. The molecule has 116 valence electrons. The molecular weight excluding hydrogens is 328 g/mol. The summed E-state index contributed by atoms with van der Waals surface area (Å²) in [7, 11) is 0. The largest absolute Gasteiger partial charge is 0.349 e. The third-order valence-corrected chi connectivity index (χ3v) is 5.29. The summed E-state index contributed by atoms with van der Waals surface area (Å²) in [5.41, 5.74) is 6.69. The lowest BCUT2D eigenvalue weighted by molar-refractivity contribution is -0.133. The van der Waals surface area contributed by atoms with Crippen molar-refractivity contribution in [3.05, 3.63) is 34.3 Å². The number of nitrogens with one attached hydrogen (secondary N) is 1. The third kappa shape index (κ3) is 3.86. The van der Waals surface area contributed by atoms with Crippen LogP contribution >= 0.6 is 15.9 Å². The summed E-state index contributed by atoms with van der Waals surface area (Å²) in [6, 6.07) is 8.06. The van der Waals surface area contributed by atoms with Crippen molar-refractivity contribution < 1.29 is 4.79 Å². The Kier molecular flexibility index (Phi) is 5.44. The SMILES string of the molecule is CC1CCC(CN)(C(=O)N[C@@H](C)c2cccc(Br)c2)CC1. The molecule has 0 spiro atoms. The van der Waals surface area contributed by atoms with Gasteiger partial charge in [0, 0.05) is 11.0 Å². The van der Waals surface area contributed by atoms with E-state index in [-0.39, 0.29) is 17.4 Å². The second kappa shape index (κ2) is 6.93. The van der Waals surface area contributed by atoms with E-state index in [1.165, 1.54) is 0 Å². The predicted molar refractivity (Wildman–Crippen MR) is 89.8 cm³/mol. The number of nitrogens with two attached hydrogens (primary N) is 1. The molecule has 1 fully saturated rings. The highest BCUT2D eigenvalue weighted by Crippen LogP contribution is 2.38. The lowest BCUT2D eigenvalue weighted by Gasteiger charge is -2.38. The topological polar surface area (TPSA) is 55.1 Å². The molecule has 3 nitrogen and oxygen atoms in total. The lowest BCUT2D eigenvalue weighted by atomic mass is 9.70. The number of hydrogen-bond donors (Lipinski definition) is 2. The van der Waals surface area contributed by atoms with Gasteiger partial charge in [-0.05, 0) is 56.2 Å². The smallest absolute Gasteiger partial charge is 0.227 e. The van der Waals surface area contributed by atoms with Gasteiger partial charge in [0.25, 0.3) is 0 Å². The van der Waals surface area contributed by atoms with E-state index >= 15 is 0 Å². The van der Waals surface area contributed by atoms with E-state index < -0.39 is 0 Å². The van der Waals surface area contributed by atoms with Crippen molar-refractivity contribution in [2.24, 2.45) is 17.1 Å². The minimum Gasteiger partial charge on any atom is -0.349 e. The molecule has 1 aromatic carbocycles. The maximum absolute atomic E-state index is 12.7. The van der Waals surface area contributed by atoms with Gasteiger partial charge in [0.05, 0.1) is 11.5 Å². The van der Waals surface area contributed by atoms with Gasteiger partial charge in [-0.25, -0.2) is 0 Å². The molecule has 1 aliphatic rings. The molecule has 1 aliphatic carbocycles. The second-order valence-electron chi connectivity index (χ2n) is 6.42. The average Bonchev–Trinajstić information content (AvgIpc) is 2.48. The van der Waals surface area contributed by atoms with Crippen LogP contribution < -0.4 is 11.1 Å². The quantitative estimate of drug-likeness (QED) is 0.866. The van der Waals surface area contributed by atoms with Crippen molar-refractivity contribution in [2.75, 3.05) is 6.54 Å². The van der Waals surface area contributed by atoms with Crippen LogP contribution in [0.3, 0.4) is 0 Å². The lowest BCUT2D eigenvalue weighted by Crippen LogP contribution is -2.48. The summed E-state index contributed by atoms with van der Waals surface area (Å²) in [6.45, 7) is 4.72. The Balaban J connectivity index is 2.05. The summed E-state index contributed by atoms with van der Waals surface area (Å²) in [5.74, 6) is 0.823. The van der Waals surface area contributed by atoms with Crippen molar-refractivity contribution in [1.29, 1.82) is 0 Å². The monoisotopic (exact) mass is 352 g/mol. The molecule has 1 aromatic rings. The Labute approximate surface area is 135 Å². The minimum atomic E-state index is -0.368. The minimum absolute atomic E-state index is 0.00206. The first-order valence-corrected chi connectivity index (χ1v) is 8.52. The first kappa shape index (κ1) is 16.5. The van der Waals surface area contributed by atoms with Crippen LogP contribution in [0.2, 0.25) is 0 Å². The number of halogens is 1. The van der Waals surface area contributed by atoms with Gasteiger partial charge in [0.1, 0.15) is 0 Å². The van der Waals surface area contributed by atoms with Gasteiger partial charge in [-0.15, -0.1) is 0 Å². The Bertz CT molecular complexity index is 495. The fourth-order valence-electron chi connectivity index (χ4n) is 3.05.